The summed E-state index contributed by atoms with van der Waals surface area (Å²) in [7, 11) is 1.83. The molecule has 0 aromatic heterocycles. The summed E-state index contributed by atoms with van der Waals surface area (Å²) in [5, 5.41) is 6.96. The van der Waals surface area contributed by atoms with Gasteiger partial charge in [0.15, 0.2) is 5.96 Å². The van der Waals surface area contributed by atoms with E-state index in [2.05, 4.69) is 70.5 Å². The van der Waals surface area contributed by atoms with Gasteiger partial charge in [-0.25, -0.2) is 0 Å². The molecule has 7 nitrogen and oxygen atoms in total. The topological polar surface area (TPSA) is 61.4 Å². The molecule has 3 rings (SSSR count). The largest absolute Gasteiger partial charge is 0.379 e. The van der Waals surface area contributed by atoms with Gasteiger partial charge in [-0.05, 0) is 31.9 Å². The lowest BCUT2D eigenvalue weighted by Crippen LogP contribution is -2.56. The lowest BCUT2D eigenvalue weighted by atomic mass is 10.0. The first-order valence-corrected chi connectivity index (χ1v) is 11.2. The van der Waals surface area contributed by atoms with Crippen LogP contribution in [0, 0.1) is 0 Å². The highest BCUT2D eigenvalue weighted by molar-refractivity contribution is 14.0. The van der Waals surface area contributed by atoms with Gasteiger partial charge in [-0.2, -0.15) is 0 Å². The molecule has 1 aromatic carbocycles. The molecule has 8 heteroatoms. The number of ether oxygens (including phenoxy) is 2. The first-order chi connectivity index (χ1) is 14.5. The normalized spacial score (nSPS) is 21.4. The van der Waals surface area contributed by atoms with Crippen molar-refractivity contribution in [2.45, 2.75) is 45.5 Å². The van der Waals surface area contributed by atoms with Crippen molar-refractivity contribution in [2.24, 2.45) is 4.99 Å². The molecule has 2 N–H and O–H groups in total. The molecule has 2 saturated heterocycles. The number of aliphatic imine (C=N–C) groups is 1. The summed E-state index contributed by atoms with van der Waals surface area (Å²) in [6.07, 6.45) is 0.319. The van der Waals surface area contributed by atoms with Crippen molar-refractivity contribution >= 4 is 29.9 Å². The molecule has 0 saturated carbocycles. The second-order valence-corrected chi connectivity index (χ2v) is 8.93. The molecule has 2 fully saturated rings. The molecule has 2 aliphatic heterocycles. The van der Waals surface area contributed by atoms with Crippen LogP contribution in [0.15, 0.2) is 29.3 Å². The van der Waals surface area contributed by atoms with Crippen molar-refractivity contribution in [2.75, 3.05) is 59.6 Å². The number of rotatable bonds is 7. The summed E-state index contributed by atoms with van der Waals surface area (Å²) >= 11 is 0. The Bertz CT molecular complexity index is 694. The second-order valence-electron chi connectivity index (χ2n) is 8.93. The van der Waals surface area contributed by atoms with Gasteiger partial charge in [0, 0.05) is 58.4 Å². The Morgan fingerprint density at radius 3 is 2.58 bits per heavy atom. The zero-order valence-electron chi connectivity index (χ0n) is 19.5. The maximum Gasteiger partial charge on any atom is 0.191 e. The third-order valence-electron chi connectivity index (χ3n) is 5.96. The van der Waals surface area contributed by atoms with E-state index in [4.69, 9.17) is 9.47 Å². The van der Waals surface area contributed by atoms with Crippen molar-refractivity contribution in [3.8, 4) is 0 Å². The number of hydrogen-bond acceptors (Lipinski definition) is 5. The van der Waals surface area contributed by atoms with Crippen LogP contribution >= 0.6 is 24.0 Å². The zero-order chi connectivity index (χ0) is 21.4. The quantitative estimate of drug-likeness (QED) is 0.312. The molecule has 2 aliphatic rings. The number of hydrogen-bond donors (Lipinski definition) is 2. The van der Waals surface area contributed by atoms with Crippen molar-refractivity contribution in [3.63, 3.8) is 0 Å². The molecular weight excluding hydrogens is 505 g/mol. The zero-order valence-corrected chi connectivity index (χ0v) is 21.9. The maximum atomic E-state index is 5.65. The second kappa shape index (κ2) is 12.9. The summed E-state index contributed by atoms with van der Waals surface area (Å²) < 4.78 is 11.1. The summed E-state index contributed by atoms with van der Waals surface area (Å²) in [6, 6.07) is 8.82. The first-order valence-electron chi connectivity index (χ1n) is 11.2. The Morgan fingerprint density at radius 1 is 1.13 bits per heavy atom. The molecule has 0 aliphatic carbocycles. The average molecular weight is 546 g/mol. The van der Waals surface area contributed by atoms with Crippen LogP contribution < -0.4 is 10.6 Å². The highest BCUT2D eigenvalue weighted by Crippen LogP contribution is 2.15. The van der Waals surface area contributed by atoms with E-state index in [9.17, 15) is 0 Å². The van der Waals surface area contributed by atoms with Crippen LogP contribution in [-0.2, 0) is 22.6 Å². The summed E-state index contributed by atoms with van der Waals surface area (Å²) in [6.45, 7) is 15.7. The fourth-order valence-corrected chi connectivity index (χ4v) is 4.12. The van der Waals surface area contributed by atoms with Crippen LogP contribution in [0.1, 0.15) is 31.9 Å². The Labute approximate surface area is 205 Å². The molecule has 0 amide bonds. The van der Waals surface area contributed by atoms with E-state index in [-0.39, 0.29) is 29.5 Å². The summed E-state index contributed by atoms with van der Waals surface area (Å²) in [4.78, 5) is 9.35. The van der Waals surface area contributed by atoms with E-state index in [1.807, 2.05) is 7.05 Å². The number of halogens is 1. The Balaban J connectivity index is 0.00000341. The number of morpholine rings is 2. The van der Waals surface area contributed by atoms with Gasteiger partial charge in [-0.3, -0.25) is 14.8 Å². The fourth-order valence-electron chi connectivity index (χ4n) is 4.12. The van der Waals surface area contributed by atoms with Crippen LogP contribution in [-0.4, -0.2) is 87.0 Å². The van der Waals surface area contributed by atoms with Gasteiger partial charge in [0.1, 0.15) is 0 Å². The molecule has 176 valence electrons. The molecule has 0 bridgehead atoms. The summed E-state index contributed by atoms with van der Waals surface area (Å²) in [5.74, 6) is 0.837. The van der Waals surface area contributed by atoms with Gasteiger partial charge >= 0.3 is 0 Å². The minimum Gasteiger partial charge on any atom is -0.379 e. The predicted octanol–water partition coefficient (Wildman–Crippen LogP) is 2.30. The Hall–Kier alpha value is -0.940. The van der Waals surface area contributed by atoms with E-state index in [0.29, 0.717) is 6.10 Å². The molecule has 2 heterocycles. The minimum absolute atomic E-state index is 0. The maximum absolute atomic E-state index is 5.65. The highest BCUT2D eigenvalue weighted by atomic mass is 127. The van der Waals surface area contributed by atoms with Crippen LogP contribution in [0.4, 0.5) is 0 Å². The molecular formula is C23H40IN5O2. The van der Waals surface area contributed by atoms with E-state index in [1.165, 1.54) is 11.1 Å². The monoisotopic (exact) mass is 545 g/mol. The van der Waals surface area contributed by atoms with Gasteiger partial charge in [-0.1, -0.05) is 24.3 Å². The van der Waals surface area contributed by atoms with E-state index in [0.717, 1.165) is 71.6 Å². The Kier molecular flexibility index (Phi) is 11.0. The van der Waals surface area contributed by atoms with Crippen LogP contribution in [0.25, 0.3) is 0 Å². The lowest BCUT2D eigenvalue weighted by molar-refractivity contribution is -0.0212. The van der Waals surface area contributed by atoms with Crippen LogP contribution in [0.5, 0.6) is 0 Å². The minimum atomic E-state index is 0. The van der Waals surface area contributed by atoms with Crippen LogP contribution in [0.3, 0.4) is 0 Å². The molecule has 1 unspecified atom stereocenters. The molecule has 1 aromatic rings. The van der Waals surface area contributed by atoms with Gasteiger partial charge in [0.05, 0.1) is 25.9 Å². The van der Waals surface area contributed by atoms with Gasteiger partial charge in [0.25, 0.3) is 0 Å². The first kappa shape index (κ1) is 26.3. The average Bonchev–Trinajstić information content (AvgIpc) is 2.75. The number of guanidine groups is 1. The van der Waals surface area contributed by atoms with Gasteiger partial charge < -0.3 is 20.1 Å². The number of nitrogens with zero attached hydrogens (tertiary/aromatic N) is 3. The molecule has 31 heavy (non-hydrogen) atoms. The van der Waals surface area contributed by atoms with E-state index < -0.39 is 0 Å². The van der Waals surface area contributed by atoms with Crippen molar-refractivity contribution in [3.05, 3.63) is 35.4 Å². The summed E-state index contributed by atoms with van der Waals surface area (Å²) in [5.41, 5.74) is 2.67. The SMILES string of the molecule is CN=C(NCc1cccc(CN2CCOC(C)C2)c1)NCC(C)(C)N1CCOCC1.I. The highest BCUT2D eigenvalue weighted by Gasteiger charge is 2.28. The van der Waals surface area contributed by atoms with E-state index >= 15 is 0 Å². The van der Waals surface area contributed by atoms with E-state index in [1.54, 1.807) is 0 Å². The molecule has 1 atom stereocenters. The molecule has 0 radical (unpaired) electrons. The van der Waals surface area contributed by atoms with Crippen LogP contribution in [0.2, 0.25) is 0 Å². The number of nitrogens with one attached hydrogen (secondary N) is 2. The lowest BCUT2D eigenvalue weighted by Gasteiger charge is -2.41. The van der Waals surface area contributed by atoms with Gasteiger partial charge in [0.2, 0.25) is 0 Å². The van der Waals surface area contributed by atoms with Crippen molar-refractivity contribution < 1.29 is 9.47 Å². The third kappa shape index (κ3) is 8.49. The Morgan fingerprint density at radius 2 is 1.87 bits per heavy atom. The fraction of sp³-hybridized carbons (Fsp3) is 0.696. The predicted molar refractivity (Wildman–Crippen MR) is 137 cm³/mol. The number of benzene rings is 1. The molecule has 0 spiro atoms. The standard InChI is InChI=1S/C23H39N5O2.HI/c1-19-16-27(8-13-30-19)17-21-7-5-6-20(14-21)15-25-22(24-4)26-18-23(2,3)28-9-11-29-12-10-28;/h5-7,14,19H,8-13,15-18H2,1-4H3,(H2,24,25,26);1H. The third-order valence-corrected chi connectivity index (χ3v) is 5.96. The van der Waals surface area contributed by atoms with Gasteiger partial charge in [-0.15, -0.1) is 24.0 Å². The van der Waals surface area contributed by atoms with Crippen molar-refractivity contribution in [1.82, 2.24) is 20.4 Å². The smallest absolute Gasteiger partial charge is 0.191 e. The van der Waals surface area contributed by atoms with Crippen molar-refractivity contribution in [1.29, 1.82) is 0 Å².